The number of likely N-dealkylation sites (tertiary alicyclic amines) is 1. The van der Waals surface area contributed by atoms with Gasteiger partial charge in [0.1, 0.15) is 11.6 Å². The number of piperidine rings is 1. The SMILES string of the molecule is Cc1cccc2[nH]c(CNC[C@]3(O)CCCN(Cc4ccc(F)cc4)C3=O)nc12. The van der Waals surface area contributed by atoms with Gasteiger partial charge < -0.3 is 20.3 Å². The van der Waals surface area contributed by atoms with Crippen molar-refractivity contribution in [3.63, 3.8) is 0 Å². The molecule has 3 N–H and O–H groups in total. The van der Waals surface area contributed by atoms with E-state index >= 15 is 0 Å². The number of benzene rings is 2. The fourth-order valence-corrected chi connectivity index (χ4v) is 3.89. The summed E-state index contributed by atoms with van der Waals surface area (Å²) in [5.74, 6) is 0.172. The number of nitrogens with one attached hydrogen (secondary N) is 2. The summed E-state index contributed by atoms with van der Waals surface area (Å²) in [4.78, 5) is 22.4. The van der Waals surface area contributed by atoms with Gasteiger partial charge in [0, 0.05) is 19.6 Å². The summed E-state index contributed by atoms with van der Waals surface area (Å²) in [6.07, 6.45) is 1.13. The number of rotatable bonds is 6. The largest absolute Gasteiger partial charge is 0.379 e. The molecule has 0 spiro atoms. The van der Waals surface area contributed by atoms with Crippen LogP contribution in [0.1, 0.15) is 29.8 Å². The van der Waals surface area contributed by atoms with Gasteiger partial charge in [0.2, 0.25) is 0 Å². The van der Waals surface area contributed by atoms with Crippen LogP contribution in [-0.4, -0.2) is 44.6 Å². The Labute approximate surface area is 168 Å². The van der Waals surface area contributed by atoms with E-state index in [9.17, 15) is 14.3 Å². The molecule has 1 saturated heterocycles. The van der Waals surface area contributed by atoms with Crippen LogP contribution in [0.25, 0.3) is 11.0 Å². The lowest BCUT2D eigenvalue weighted by molar-refractivity contribution is -0.157. The van der Waals surface area contributed by atoms with Gasteiger partial charge >= 0.3 is 0 Å². The first-order valence-electron chi connectivity index (χ1n) is 9.86. The number of nitrogens with zero attached hydrogens (tertiary/aromatic N) is 2. The van der Waals surface area contributed by atoms with Crippen LogP contribution in [0, 0.1) is 12.7 Å². The molecule has 0 bridgehead atoms. The summed E-state index contributed by atoms with van der Waals surface area (Å²) in [6.45, 7) is 3.55. The maximum Gasteiger partial charge on any atom is 0.256 e. The van der Waals surface area contributed by atoms with Gasteiger partial charge in [-0.05, 0) is 49.1 Å². The van der Waals surface area contributed by atoms with E-state index in [1.165, 1.54) is 12.1 Å². The summed E-state index contributed by atoms with van der Waals surface area (Å²) in [6, 6.07) is 12.1. The van der Waals surface area contributed by atoms with Crippen LogP contribution in [0.2, 0.25) is 0 Å². The van der Waals surface area contributed by atoms with Crippen LogP contribution in [0.3, 0.4) is 0 Å². The second-order valence-electron chi connectivity index (χ2n) is 7.75. The Kier molecular flexibility index (Phi) is 5.34. The van der Waals surface area contributed by atoms with Gasteiger partial charge in [-0.25, -0.2) is 9.37 Å². The zero-order valence-corrected chi connectivity index (χ0v) is 16.4. The quantitative estimate of drug-likeness (QED) is 0.598. The molecule has 2 aromatic carbocycles. The topological polar surface area (TPSA) is 81.2 Å². The highest BCUT2D eigenvalue weighted by Gasteiger charge is 2.41. The molecule has 0 saturated carbocycles. The maximum absolute atomic E-state index is 13.1. The molecule has 7 heteroatoms. The van der Waals surface area contributed by atoms with Crippen molar-refractivity contribution < 1.29 is 14.3 Å². The molecule has 6 nitrogen and oxygen atoms in total. The third kappa shape index (κ3) is 4.16. The van der Waals surface area contributed by atoms with E-state index in [1.807, 2.05) is 25.1 Å². The smallest absolute Gasteiger partial charge is 0.256 e. The van der Waals surface area contributed by atoms with Gasteiger partial charge in [0.05, 0.1) is 17.6 Å². The number of aromatic amines is 1. The maximum atomic E-state index is 13.1. The number of amides is 1. The minimum Gasteiger partial charge on any atom is -0.379 e. The second-order valence-corrected chi connectivity index (χ2v) is 7.75. The van der Waals surface area contributed by atoms with E-state index in [-0.39, 0.29) is 18.3 Å². The summed E-state index contributed by atoms with van der Waals surface area (Å²) in [5.41, 5.74) is 2.40. The molecular formula is C22H25FN4O2. The molecule has 1 amide bonds. The molecular weight excluding hydrogens is 371 g/mol. The Morgan fingerprint density at radius 3 is 2.83 bits per heavy atom. The van der Waals surface area contributed by atoms with Crippen molar-refractivity contribution in [1.29, 1.82) is 0 Å². The first-order valence-corrected chi connectivity index (χ1v) is 9.86. The van der Waals surface area contributed by atoms with Gasteiger partial charge in [-0.3, -0.25) is 4.79 Å². The normalized spacial score (nSPS) is 19.8. The van der Waals surface area contributed by atoms with Crippen LogP contribution < -0.4 is 5.32 Å². The van der Waals surface area contributed by atoms with Crippen molar-refractivity contribution in [3.05, 3.63) is 65.2 Å². The Morgan fingerprint density at radius 2 is 2.07 bits per heavy atom. The number of H-pyrrole nitrogens is 1. The minimum absolute atomic E-state index is 0.155. The zero-order chi connectivity index (χ0) is 20.4. The lowest BCUT2D eigenvalue weighted by atomic mass is 9.91. The molecule has 0 radical (unpaired) electrons. The van der Waals surface area contributed by atoms with E-state index in [0.717, 1.165) is 34.4 Å². The minimum atomic E-state index is -1.44. The molecule has 3 aromatic rings. The Bertz CT molecular complexity index is 1020. The molecule has 0 aliphatic carbocycles. The predicted molar refractivity (Wildman–Crippen MR) is 109 cm³/mol. The molecule has 1 atom stereocenters. The Hall–Kier alpha value is -2.77. The molecule has 1 aliphatic rings. The van der Waals surface area contributed by atoms with Crippen LogP contribution in [0.5, 0.6) is 0 Å². The number of aliphatic hydroxyl groups is 1. The van der Waals surface area contributed by atoms with Gasteiger partial charge in [-0.15, -0.1) is 0 Å². The third-order valence-corrected chi connectivity index (χ3v) is 5.46. The van der Waals surface area contributed by atoms with Crippen molar-refractivity contribution in [2.24, 2.45) is 0 Å². The number of fused-ring (bicyclic) bond motifs is 1. The number of hydrogen-bond acceptors (Lipinski definition) is 4. The number of imidazole rings is 1. The first-order chi connectivity index (χ1) is 13.9. The number of aromatic nitrogens is 2. The standard InChI is InChI=1S/C22H25FN4O2/c1-15-4-2-5-18-20(15)26-19(25-18)12-24-14-22(29)10-3-11-27(21(22)28)13-16-6-8-17(23)9-7-16/h2,4-9,24,29H,3,10-14H2,1H3,(H,25,26)/t22-/m1/s1. The number of carbonyl (C=O) groups is 1. The molecule has 2 heterocycles. The van der Waals surface area contributed by atoms with Crippen molar-refractivity contribution in [1.82, 2.24) is 20.2 Å². The molecule has 1 aromatic heterocycles. The highest BCUT2D eigenvalue weighted by molar-refractivity contribution is 5.86. The average Bonchev–Trinajstić information content (AvgIpc) is 3.12. The number of hydrogen-bond donors (Lipinski definition) is 3. The molecule has 0 unspecified atom stereocenters. The van der Waals surface area contributed by atoms with Crippen molar-refractivity contribution in [2.45, 2.75) is 38.5 Å². The molecule has 1 aliphatic heterocycles. The summed E-state index contributed by atoms with van der Waals surface area (Å²) < 4.78 is 13.1. The number of halogens is 1. The fraction of sp³-hybridized carbons (Fsp3) is 0.364. The lowest BCUT2D eigenvalue weighted by Crippen LogP contribution is -2.57. The third-order valence-electron chi connectivity index (χ3n) is 5.46. The Morgan fingerprint density at radius 1 is 1.28 bits per heavy atom. The molecule has 1 fully saturated rings. The highest BCUT2D eigenvalue weighted by atomic mass is 19.1. The highest BCUT2D eigenvalue weighted by Crippen LogP contribution is 2.24. The van der Waals surface area contributed by atoms with Gasteiger partial charge in [-0.1, -0.05) is 24.3 Å². The van der Waals surface area contributed by atoms with E-state index in [1.54, 1.807) is 17.0 Å². The van der Waals surface area contributed by atoms with Crippen LogP contribution in [-0.2, 0) is 17.9 Å². The average molecular weight is 396 g/mol. The van der Waals surface area contributed by atoms with Crippen molar-refractivity contribution in [2.75, 3.05) is 13.1 Å². The summed E-state index contributed by atoms with van der Waals surface area (Å²) >= 11 is 0. The van der Waals surface area contributed by atoms with Crippen LogP contribution in [0.15, 0.2) is 42.5 Å². The number of carbonyl (C=O) groups excluding carboxylic acids is 1. The van der Waals surface area contributed by atoms with Crippen molar-refractivity contribution in [3.8, 4) is 0 Å². The van der Waals surface area contributed by atoms with Gasteiger partial charge in [0.25, 0.3) is 5.91 Å². The fourth-order valence-electron chi connectivity index (χ4n) is 3.89. The van der Waals surface area contributed by atoms with E-state index in [4.69, 9.17) is 0 Å². The monoisotopic (exact) mass is 396 g/mol. The van der Waals surface area contributed by atoms with E-state index in [2.05, 4.69) is 15.3 Å². The number of aryl methyl sites for hydroxylation is 1. The summed E-state index contributed by atoms with van der Waals surface area (Å²) in [5, 5.41) is 14.1. The first kappa shape index (κ1) is 19.5. The van der Waals surface area contributed by atoms with Crippen LogP contribution in [0.4, 0.5) is 4.39 Å². The summed E-state index contributed by atoms with van der Waals surface area (Å²) in [7, 11) is 0. The molecule has 4 rings (SSSR count). The van der Waals surface area contributed by atoms with E-state index in [0.29, 0.717) is 26.1 Å². The van der Waals surface area contributed by atoms with Gasteiger partial charge in [0.15, 0.2) is 5.60 Å². The molecule has 152 valence electrons. The number of para-hydroxylation sites is 1. The zero-order valence-electron chi connectivity index (χ0n) is 16.4. The predicted octanol–water partition coefficient (Wildman–Crippen LogP) is 2.65. The molecule has 29 heavy (non-hydrogen) atoms. The Balaban J connectivity index is 1.38. The van der Waals surface area contributed by atoms with Gasteiger partial charge in [-0.2, -0.15) is 0 Å². The van der Waals surface area contributed by atoms with Crippen LogP contribution >= 0.6 is 0 Å². The van der Waals surface area contributed by atoms with Crippen molar-refractivity contribution >= 4 is 16.9 Å². The lowest BCUT2D eigenvalue weighted by Gasteiger charge is -2.38. The second kappa shape index (κ2) is 7.93. The van der Waals surface area contributed by atoms with E-state index < -0.39 is 5.60 Å².